The highest BCUT2D eigenvalue weighted by atomic mass is 14.4. The summed E-state index contributed by atoms with van der Waals surface area (Å²) in [5.41, 5.74) is 2.14. The van der Waals surface area contributed by atoms with Gasteiger partial charge in [0.25, 0.3) is 0 Å². The van der Waals surface area contributed by atoms with E-state index in [0.29, 0.717) is 5.71 Å². The molecule has 0 spiro atoms. The van der Waals surface area contributed by atoms with Crippen molar-refractivity contribution in [1.29, 1.82) is 10.8 Å². The van der Waals surface area contributed by atoms with Crippen LogP contribution in [-0.4, -0.2) is 11.9 Å². The number of hydrogen-bond acceptors (Lipinski definition) is 2. The molecule has 0 atom stereocenters. The first kappa shape index (κ1) is 10.6. The molecular formula is C10H14N2. The Balaban J connectivity index is 4.47. The molecule has 0 rings (SSSR count). The fraction of sp³-hybridized carbons (Fsp3) is 0.200. The van der Waals surface area contributed by atoms with Crippen molar-refractivity contribution >= 4 is 11.9 Å². The van der Waals surface area contributed by atoms with Gasteiger partial charge >= 0.3 is 0 Å². The van der Waals surface area contributed by atoms with E-state index in [0.717, 1.165) is 11.1 Å². The van der Waals surface area contributed by atoms with Crippen molar-refractivity contribution in [3.63, 3.8) is 0 Å². The van der Waals surface area contributed by atoms with Crippen molar-refractivity contribution in [3.8, 4) is 0 Å². The smallest absolute Gasteiger partial charge is 0.0563 e. The molecule has 0 heterocycles. The summed E-state index contributed by atoms with van der Waals surface area (Å²) in [5, 5.41) is 14.3. The van der Waals surface area contributed by atoms with Gasteiger partial charge in [-0.3, -0.25) is 0 Å². The quantitative estimate of drug-likeness (QED) is 0.471. The molecule has 0 aromatic rings. The number of allylic oxidation sites excluding steroid dienone is 5. The van der Waals surface area contributed by atoms with Crippen LogP contribution < -0.4 is 0 Å². The summed E-state index contributed by atoms with van der Waals surface area (Å²) in [6, 6.07) is 0. The van der Waals surface area contributed by atoms with Gasteiger partial charge in [0.05, 0.1) is 5.71 Å². The zero-order valence-electron chi connectivity index (χ0n) is 7.52. The zero-order valence-corrected chi connectivity index (χ0v) is 7.52. The van der Waals surface area contributed by atoms with Gasteiger partial charge in [-0.2, -0.15) is 0 Å². The third kappa shape index (κ3) is 3.66. The van der Waals surface area contributed by atoms with Crippen LogP contribution >= 0.6 is 0 Å². The maximum absolute atomic E-state index is 7.37. The molecule has 0 aliphatic rings. The average Bonchev–Trinajstić information content (AvgIpc) is 2.11. The lowest BCUT2D eigenvalue weighted by molar-refractivity contribution is 1.45. The minimum atomic E-state index is 0.420. The summed E-state index contributed by atoms with van der Waals surface area (Å²) in [5.74, 6) is 0. The molecule has 0 aromatic carbocycles. The number of rotatable bonds is 4. The third-order valence-corrected chi connectivity index (χ3v) is 1.45. The highest BCUT2D eigenvalue weighted by Gasteiger charge is 1.90. The molecule has 0 radical (unpaired) electrons. The van der Waals surface area contributed by atoms with Gasteiger partial charge in [0, 0.05) is 6.21 Å². The fourth-order valence-corrected chi connectivity index (χ4v) is 0.555. The maximum Gasteiger partial charge on any atom is 0.0563 e. The Bertz CT molecular complexity index is 257. The highest BCUT2D eigenvalue weighted by molar-refractivity contribution is 6.05. The third-order valence-electron chi connectivity index (χ3n) is 1.45. The van der Waals surface area contributed by atoms with Gasteiger partial charge in [0.15, 0.2) is 0 Å². The molecule has 0 saturated heterocycles. The van der Waals surface area contributed by atoms with Crippen molar-refractivity contribution in [2.24, 2.45) is 0 Å². The monoisotopic (exact) mass is 162 g/mol. The van der Waals surface area contributed by atoms with E-state index >= 15 is 0 Å². The molecule has 2 N–H and O–H groups in total. The topological polar surface area (TPSA) is 47.7 Å². The van der Waals surface area contributed by atoms with Crippen LogP contribution in [0.3, 0.4) is 0 Å². The SMILES string of the molecule is C=CC(=N)/C(C)=C/C=C(/C)C=N. The molecule has 0 aromatic heterocycles. The molecular weight excluding hydrogens is 148 g/mol. The molecule has 0 fully saturated rings. The Kier molecular flexibility index (Phi) is 4.61. The first-order valence-corrected chi connectivity index (χ1v) is 3.68. The maximum atomic E-state index is 7.37. The Morgan fingerprint density at radius 1 is 1.25 bits per heavy atom. The molecule has 64 valence electrons. The normalized spacial score (nSPS) is 12.5. The Morgan fingerprint density at radius 3 is 2.25 bits per heavy atom. The van der Waals surface area contributed by atoms with Gasteiger partial charge in [-0.15, -0.1) is 0 Å². The van der Waals surface area contributed by atoms with E-state index in [1.807, 2.05) is 19.9 Å². The Morgan fingerprint density at radius 2 is 1.83 bits per heavy atom. The largest absolute Gasteiger partial charge is 0.308 e. The number of hydrogen-bond donors (Lipinski definition) is 2. The minimum Gasteiger partial charge on any atom is -0.308 e. The van der Waals surface area contributed by atoms with Crippen LogP contribution in [-0.2, 0) is 0 Å². The van der Waals surface area contributed by atoms with Crippen molar-refractivity contribution in [3.05, 3.63) is 36.0 Å². The Labute approximate surface area is 73.3 Å². The lowest BCUT2D eigenvalue weighted by atomic mass is 10.1. The predicted molar refractivity (Wildman–Crippen MR) is 54.2 cm³/mol. The molecule has 0 amide bonds. The summed E-state index contributed by atoms with van der Waals surface area (Å²) in [6.45, 7) is 7.18. The van der Waals surface area contributed by atoms with Crippen molar-refractivity contribution < 1.29 is 0 Å². The van der Waals surface area contributed by atoms with Crippen LogP contribution in [0, 0.1) is 10.8 Å². The molecule has 0 aliphatic carbocycles. The predicted octanol–water partition coefficient (Wildman–Crippen LogP) is 2.73. The highest BCUT2D eigenvalue weighted by Crippen LogP contribution is 1.98. The molecule has 0 aliphatic heterocycles. The lowest BCUT2D eigenvalue weighted by Crippen LogP contribution is -1.90. The van der Waals surface area contributed by atoms with E-state index in [4.69, 9.17) is 10.8 Å². The van der Waals surface area contributed by atoms with E-state index in [2.05, 4.69) is 6.58 Å². The summed E-state index contributed by atoms with van der Waals surface area (Å²) in [7, 11) is 0. The van der Waals surface area contributed by atoms with Gasteiger partial charge < -0.3 is 10.8 Å². The van der Waals surface area contributed by atoms with Crippen molar-refractivity contribution in [2.45, 2.75) is 13.8 Å². The van der Waals surface area contributed by atoms with Crippen molar-refractivity contribution in [2.75, 3.05) is 0 Å². The second kappa shape index (κ2) is 5.24. The summed E-state index contributed by atoms with van der Waals surface area (Å²) < 4.78 is 0. The van der Waals surface area contributed by atoms with E-state index in [9.17, 15) is 0 Å². The van der Waals surface area contributed by atoms with E-state index in [1.54, 1.807) is 6.08 Å². The average molecular weight is 162 g/mol. The summed E-state index contributed by atoms with van der Waals surface area (Å²) in [6.07, 6.45) is 6.39. The van der Waals surface area contributed by atoms with Gasteiger partial charge in [0.1, 0.15) is 0 Å². The fourth-order valence-electron chi connectivity index (χ4n) is 0.555. The first-order valence-electron chi connectivity index (χ1n) is 3.68. The van der Waals surface area contributed by atoms with Gasteiger partial charge in [0.2, 0.25) is 0 Å². The minimum absolute atomic E-state index is 0.420. The summed E-state index contributed by atoms with van der Waals surface area (Å²) in [4.78, 5) is 0. The van der Waals surface area contributed by atoms with Gasteiger partial charge in [-0.1, -0.05) is 18.7 Å². The van der Waals surface area contributed by atoms with Crippen LogP contribution in [0.1, 0.15) is 13.8 Å². The van der Waals surface area contributed by atoms with Crippen LogP contribution in [0.15, 0.2) is 36.0 Å². The molecule has 0 bridgehead atoms. The molecule has 2 nitrogen and oxygen atoms in total. The van der Waals surface area contributed by atoms with Crippen LogP contribution in [0.4, 0.5) is 0 Å². The Hall–Kier alpha value is -1.44. The van der Waals surface area contributed by atoms with Crippen LogP contribution in [0.5, 0.6) is 0 Å². The van der Waals surface area contributed by atoms with Gasteiger partial charge in [-0.25, -0.2) is 0 Å². The van der Waals surface area contributed by atoms with Crippen molar-refractivity contribution in [1.82, 2.24) is 0 Å². The second-order valence-corrected chi connectivity index (χ2v) is 2.52. The van der Waals surface area contributed by atoms with Crippen LogP contribution in [0.25, 0.3) is 0 Å². The zero-order chi connectivity index (χ0) is 9.56. The standard InChI is InChI=1S/C10H14N2/c1-4-10(12)9(3)6-5-8(2)7-11/h4-7,11-12H,1H2,2-3H3/b8-5-,9-6+,11-7?,12-10?. The number of nitrogens with one attached hydrogen (secondary N) is 2. The van der Waals surface area contributed by atoms with E-state index in [-0.39, 0.29) is 0 Å². The second-order valence-electron chi connectivity index (χ2n) is 2.52. The van der Waals surface area contributed by atoms with Gasteiger partial charge in [-0.05, 0) is 31.1 Å². The summed E-state index contributed by atoms with van der Waals surface area (Å²) >= 11 is 0. The lowest BCUT2D eigenvalue weighted by Gasteiger charge is -1.94. The van der Waals surface area contributed by atoms with E-state index in [1.165, 1.54) is 12.3 Å². The molecule has 0 saturated carbocycles. The molecule has 0 unspecified atom stereocenters. The van der Waals surface area contributed by atoms with E-state index < -0.39 is 0 Å². The molecule has 12 heavy (non-hydrogen) atoms. The first-order chi connectivity index (χ1) is 5.61. The van der Waals surface area contributed by atoms with Crippen LogP contribution in [0.2, 0.25) is 0 Å². The molecule has 2 heteroatoms.